The number of para-hydroxylation sites is 1. The molecule has 4 heteroatoms. The summed E-state index contributed by atoms with van der Waals surface area (Å²) in [6.45, 7) is 2.00. The lowest BCUT2D eigenvalue weighted by Gasteiger charge is -2.36. The Morgan fingerprint density at radius 2 is 1.94 bits per heavy atom. The zero-order valence-corrected chi connectivity index (χ0v) is 9.93. The number of hydrogen-bond acceptors (Lipinski definition) is 3. The fourth-order valence-electron chi connectivity index (χ4n) is 2.66. The molecule has 0 unspecified atom stereocenters. The first-order valence-electron chi connectivity index (χ1n) is 5.56. The SMILES string of the molecule is Cl.N[C@@H]1c2ccccc2OC12CCNCC2. The molecule has 0 amide bonds. The van der Waals surface area contributed by atoms with Crippen LogP contribution in [0.3, 0.4) is 0 Å². The van der Waals surface area contributed by atoms with E-state index in [9.17, 15) is 0 Å². The number of hydrogen-bond donors (Lipinski definition) is 2. The number of ether oxygens (including phenoxy) is 1. The Bertz CT molecular complexity index is 377. The highest BCUT2D eigenvalue weighted by molar-refractivity contribution is 5.85. The Kier molecular flexibility index (Phi) is 3.10. The molecule has 1 aromatic carbocycles. The van der Waals surface area contributed by atoms with Crippen molar-refractivity contribution < 1.29 is 4.74 Å². The standard InChI is InChI=1S/C12H16N2O.ClH/c13-11-9-3-1-2-4-10(9)15-12(11)5-7-14-8-6-12;/h1-4,11,14H,5-8,13H2;1H/t11-;/m1./s1. The van der Waals surface area contributed by atoms with Gasteiger partial charge in [0.25, 0.3) is 0 Å². The van der Waals surface area contributed by atoms with Crippen LogP contribution >= 0.6 is 12.4 Å². The molecule has 1 atom stereocenters. The van der Waals surface area contributed by atoms with Gasteiger partial charge in [-0.15, -0.1) is 12.4 Å². The zero-order chi connectivity index (χ0) is 10.3. The van der Waals surface area contributed by atoms with E-state index in [-0.39, 0.29) is 24.0 Å². The van der Waals surface area contributed by atoms with Crippen molar-refractivity contribution in [1.29, 1.82) is 0 Å². The van der Waals surface area contributed by atoms with E-state index in [1.54, 1.807) is 0 Å². The molecule has 1 saturated heterocycles. The van der Waals surface area contributed by atoms with E-state index in [0.29, 0.717) is 0 Å². The molecule has 2 aliphatic rings. The molecule has 1 aromatic rings. The van der Waals surface area contributed by atoms with Gasteiger partial charge in [0.05, 0.1) is 6.04 Å². The molecule has 3 nitrogen and oxygen atoms in total. The quantitative estimate of drug-likeness (QED) is 0.725. The second-order valence-corrected chi connectivity index (χ2v) is 4.43. The molecular weight excluding hydrogens is 224 g/mol. The molecular formula is C12H17ClN2O. The lowest BCUT2D eigenvalue weighted by atomic mass is 9.84. The summed E-state index contributed by atoms with van der Waals surface area (Å²) in [6.07, 6.45) is 2.01. The van der Waals surface area contributed by atoms with Gasteiger partial charge >= 0.3 is 0 Å². The monoisotopic (exact) mass is 240 g/mol. The Labute approximate surface area is 102 Å². The summed E-state index contributed by atoms with van der Waals surface area (Å²) in [5.41, 5.74) is 7.33. The summed E-state index contributed by atoms with van der Waals surface area (Å²) < 4.78 is 6.08. The summed E-state index contributed by atoms with van der Waals surface area (Å²) >= 11 is 0. The van der Waals surface area contributed by atoms with Crippen LogP contribution in [0.1, 0.15) is 24.4 Å². The molecule has 0 radical (unpaired) electrons. The van der Waals surface area contributed by atoms with Gasteiger partial charge in [-0.25, -0.2) is 0 Å². The maximum absolute atomic E-state index is 6.30. The van der Waals surface area contributed by atoms with Gasteiger partial charge in [0.1, 0.15) is 11.4 Å². The predicted molar refractivity (Wildman–Crippen MR) is 66.1 cm³/mol. The molecule has 0 saturated carbocycles. The van der Waals surface area contributed by atoms with Crippen molar-refractivity contribution in [2.45, 2.75) is 24.5 Å². The molecule has 1 fully saturated rings. The van der Waals surface area contributed by atoms with Crippen LogP contribution < -0.4 is 15.8 Å². The van der Waals surface area contributed by atoms with Crippen LogP contribution in [0.4, 0.5) is 0 Å². The second kappa shape index (κ2) is 4.24. The minimum absolute atomic E-state index is 0. The molecule has 88 valence electrons. The summed E-state index contributed by atoms with van der Waals surface area (Å²) in [5, 5.41) is 3.35. The number of piperidine rings is 1. The fourth-order valence-corrected chi connectivity index (χ4v) is 2.66. The molecule has 0 aliphatic carbocycles. The van der Waals surface area contributed by atoms with Crippen LogP contribution in [0.15, 0.2) is 24.3 Å². The Hall–Kier alpha value is -0.770. The van der Waals surface area contributed by atoms with Crippen molar-refractivity contribution in [3.63, 3.8) is 0 Å². The predicted octanol–water partition coefficient (Wildman–Crippen LogP) is 1.62. The van der Waals surface area contributed by atoms with Crippen LogP contribution in [0.5, 0.6) is 5.75 Å². The van der Waals surface area contributed by atoms with Crippen molar-refractivity contribution in [2.24, 2.45) is 5.73 Å². The maximum Gasteiger partial charge on any atom is 0.131 e. The van der Waals surface area contributed by atoms with Gasteiger partial charge in [0.2, 0.25) is 0 Å². The molecule has 1 spiro atoms. The van der Waals surface area contributed by atoms with Crippen molar-refractivity contribution in [1.82, 2.24) is 5.32 Å². The van der Waals surface area contributed by atoms with Gasteiger partial charge < -0.3 is 15.8 Å². The van der Waals surface area contributed by atoms with E-state index in [1.165, 1.54) is 5.56 Å². The van der Waals surface area contributed by atoms with Gasteiger partial charge in [-0.1, -0.05) is 18.2 Å². The molecule has 0 bridgehead atoms. The average Bonchev–Trinajstić information content (AvgIpc) is 2.54. The second-order valence-electron chi connectivity index (χ2n) is 4.43. The highest BCUT2D eigenvalue weighted by atomic mass is 35.5. The van der Waals surface area contributed by atoms with Crippen LogP contribution in [0.25, 0.3) is 0 Å². The Morgan fingerprint density at radius 3 is 2.62 bits per heavy atom. The van der Waals surface area contributed by atoms with E-state index >= 15 is 0 Å². The number of benzene rings is 1. The normalized spacial score (nSPS) is 25.7. The highest BCUT2D eigenvalue weighted by Gasteiger charge is 2.46. The van der Waals surface area contributed by atoms with E-state index < -0.39 is 0 Å². The van der Waals surface area contributed by atoms with Crippen molar-refractivity contribution in [3.05, 3.63) is 29.8 Å². The smallest absolute Gasteiger partial charge is 0.131 e. The summed E-state index contributed by atoms with van der Waals surface area (Å²) in [6, 6.07) is 8.17. The first-order valence-corrected chi connectivity index (χ1v) is 5.56. The summed E-state index contributed by atoms with van der Waals surface area (Å²) in [4.78, 5) is 0. The topological polar surface area (TPSA) is 47.3 Å². The molecule has 3 N–H and O–H groups in total. The Balaban J connectivity index is 0.000000963. The first kappa shape index (κ1) is 11.7. The van der Waals surface area contributed by atoms with E-state index in [2.05, 4.69) is 11.4 Å². The van der Waals surface area contributed by atoms with Crippen LogP contribution in [-0.4, -0.2) is 18.7 Å². The minimum atomic E-state index is -0.144. The van der Waals surface area contributed by atoms with Gasteiger partial charge in [-0.3, -0.25) is 0 Å². The van der Waals surface area contributed by atoms with E-state index in [1.807, 2.05) is 18.2 Å². The zero-order valence-electron chi connectivity index (χ0n) is 9.11. The minimum Gasteiger partial charge on any atom is -0.485 e. The van der Waals surface area contributed by atoms with Gasteiger partial charge in [-0.05, 0) is 19.2 Å². The fraction of sp³-hybridized carbons (Fsp3) is 0.500. The average molecular weight is 241 g/mol. The van der Waals surface area contributed by atoms with Gasteiger partial charge in [-0.2, -0.15) is 0 Å². The number of fused-ring (bicyclic) bond motifs is 1. The number of nitrogens with two attached hydrogens (primary N) is 1. The maximum atomic E-state index is 6.30. The summed E-state index contributed by atoms with van der Waals surface area (Å²) in [5.74, 6) is 0.979. The van der Waals surface area contributed by atoms with E-state index in [4.69, 9.17) is 10.5 Å². The molecule has 0 aromatic heterocycles. The van der Waals surface area contributed by atoms with Crippen molar-refractivity contribution >= 4 is 12.4 Å². The lowest BCUT2D eigenvalue weighted by molar-refractivity contribution is 0.0369. The molecule has 3 rings (SSSR count). The Morgan fingerprint density at radius 1 is 1.25 bits per heavy atom. The van der Waals surface area contributed by atoms with E-state index in [0.717, 1.165) is 31.7 Å². The third kappa shape index (κ3) is 1.59. The van der Waals surface area contributed by atoms with Gasteiger partial charge in [0, 0.05) is 18.4 Å². The third-order valence-corrected chi connectivity index (χ3v) is 3.58. The van der Waals surface area contributed by atoms with Crippen LogP contribution in [-0.2, 0) is 0 Å². The largest absolute Gasteiger partial charge is 0.485 e. The molecule has 16 heavy (non-hydrogen) atoms. The van der Waals surface area contributed by atoms with Crippen molar-refractivity contribution in [2.75, 3.05) is 13.1 Å². The first-order chi connectivity index (χ1) is 7.32. The van der Waals surface area contributed by atoms with Crippen LogP contribution in [0.2, 0.25) is 0 Å². The van der Waals surface area contributed by atoms with Crippen LogP contribution in [0, 0.1) is 0 Å². The third-order valence-electron chi connectivity index (χ3n) is 3.58. The molecule has 2 heterocycles. The highest BCUT2D eigenvalue weighted by Crippen LogP contribution is 2.45. The number of halogens is 1. The summed E-state index contributed by atoms with van der Waals surface area (Å²) in [7, 11) is 0. The molecule has 2 aliphatic heterocycles. The lowest BCUT2D eigenvalue weighted by Crippen LogP contribution is -2.50. The number of rotatable bonds is 0. The van der Waals surface area contributed by atoms with Gasteiger partial charge in [0.15, 0.2) is 0 Å². The number of nitrogens with one attached hydrogen (secondary N) is 1. The van der Waals surface area contributed by atoms with Crippen molar-refractivity contribution in [3.8, 4) is 5.75 Å².